The van der Waals surface area contributed by atoms with Crippen LogP contribution in [0.3, 0.4) is 0 Å². The van der Waals surface area contributed by atoms with Crippen molar-refractivity contribution in [1.82, 2.24) is 19.6 Å². The van der Waals surface area contributed by atoms with E-state index in [0.717, 1.165) is 0 Å². The highest BCUT2D eigenvalue weighted by molar-refractivity contribution is 6.12. The summed E-state index contributed by atoms with van der Waals surface area (Å²) < 4.78 is 3.19. The van der Waals surface area contributed by atoms with Crippen molar-refractivity contribution in [3.8, 4) is 0 Å². The number of hydrogen-bond donors (Lipinski definition) is 0. The fourth-order valence-corrected chi connectivity index (χ4v) is 1.58. The second-order valence-corrected chi connectivity index (χ2v) is 3.98. The molecule has 0 fully saturated rings. The van der Waals surface area contributed by atoms with Crippen LogP contribution in [-0.2, 0) is 13.6 Å². The van der Waals surface area contributed by atoms with E-state index in [1.807, 2.05) is 6.92 Å². The highest BCUT2D eigenvalue weighted by Crippen LogP contribution is 2.07. The number of ketones is 2. The van der Waals surface area contributed by atoms with Crippen LogP contribution in [0.25, 0.3) is 0 Å². The number of hydrogen-bond acceptors (Lipinski definition) is 4. The molecule has 0 aliphatic rings. The average Bonchev–Trinajstić information content (AvgIpc) is 2.97. The van der Waals surface area contributed by atoms with Gasteiger partial charge in [0.2, 0.25) is 0 Å². The summed E-state index contributed by atoms with van der Waals surface area (Å²) in [7, 11) is 1.73. The van der Waals surface area contributed by atoms with Crippen molar-refractivity contribution in [2.45, 2.75) is 19.9 Å². The zero-order chi connectivity index (χ0) is 13.1. The zero-order valence-corrected chi connectivity index (χ0v) is 10.3. The standard InChI is InChI=1S/C12H14N4O2/c1-3-16-8-9(7-13-16)11(17)6-12(18)10-4-5-15(2)14-10/h4-5,7-8H,3,6H2,1-2H3. The van der Waals surface area contributed by atoms with Crippen LogP contribution in [0.15, 0.2) is 24.7 Å². The van der Waals surface area contributed by atoms with Gasteiger partial charge < -0.3 is 0 Å². The van der Waals surface area contributed by atoms with Crippen molar-refractivity contribution >= 4 is 11.6 Å². The zero-order valence-electron chi connectivity index (χ0n) is 10.3. The van der Waals surface area contributed by atoms with E-state index in [-0.39, 0.29) is 18.0 Å². The Balaban J connectivity index is 2.05. The van der Waals surface area contributed by atoms with Crippen LogP contribution in [0, 0.1) is 0 Å². The molecule has 0 unspecified atom stereocenters. The molecule has 2 aromatic heterocycles. The van der Waals surface area contributed by atoms with Crippen molar-refractivity contribution in [1.29, 1.82) is 0 Å². The summed E-state index contributed by atoms with van der Waals surface area (Å²) in [6, 6.07) is 1.60. The number of carbonyl (C=O) groups is 2. The predicted molar refractivity (Wildman–Crippen MR) is 64.4 cm³/mol. The second-order valence-electron chi connectivity index (χ2n) is 3.98. The van der Waals surface area contributed by atoms with E-state index in [9.17, 15) is 9.59 Å². The first kappa shape index (κ1) is 12.2. The fourth-order valence-electron chi connectivity index (χ4n) is 1.58. The Labute approximate surface area is 104 Å². The molecule has 0 saturated heterocycles. The first-order valence-electron chi connectivity index (χ1n) is 5.68. The number of aryl methyl sites for hydroxylation is 2. The highest BCUT2D eigenvalue weighted by atomic mass is 16.1. The smallest absolute Gasteiger partial charge is 0.190 e. The van der Waals surface area contributed by atoms with Crippen molar-refractivity contribution in [3.05, 3.63) is 35.9 Å². The van der Waals surface area contributed by atoms with Gasteiger partial charge in [0, 0.05) is 26.0 Å². The molecule has 0 N–H and O–H groups in total. The highest BCUT2D eigenvalue weighted by Gasteiger charge is 2.16. The molecule has 0 spiro atoms. The summed E-state index contributed by atoms with van der Waals surface area (Å²) in [5.74, 6) is -0.504. The molecule has 0 aliphatic heterocycles. The molecule has 0 aromatic carbocycles. The van der Waals surface area contributed by atoms with Gasteiger partial charge in [-0.2, -0.15) is 10.2 Å². The van der Waals surface area contributed by atoms with E-state index in [0.29, 0.717) is 17.8 Å². The second kappa shape index (κ2) is 4.95. The van der Waals surface area contributed by atoms with Crippen LogP contribution in [0.1, 0.15) is 34.2 Å². The molecular weight excluding hydrogens is 232 g/mol. The molecular formula is C12H14N4O2. The normalized spacial score (nSPS) is 10.6. The van der Waals surface area contributed by atoms with Crippen LogP contribution in [-0.4, -0.2) is 31.1 Å². The van der Waals surface area contributed by atoms with Crippen molar-refractivity contribution in [2.75, 3.05) is 0 Å². The van der Waals surface area contributed by atoms with Crippen molar-refractivity contribution in [2.24, 2.45) is 7.05 Å². The number of Topliss-reactive ketones (excluding diaryl/α,β-unsaturated/α-hetero) is 2. The number of rotatable bonds is 5. The molecule has 6 heteroatoms. The number of nitrogens with zero attached hydrogens (tertiary/aromatic N) is 4. The number of carbonyl (C=O) groups excluding carboxylic acids is 2. The minimum absolute atomic E-state index is 0.174. The van der Waals surface area contributed by atoms with E-state index in [1.165, 1.54) is 10.9 Å². The van der Waals surface area contributed by atoms with Gasteiger partial charge >= 0.3 is 0 Å². The van der Waals surface area contributed by atoms with Crippen LogP contribution in [0.2, 0.25) is 0 Å². The van der Waals surface area contributed by atoms with Gasteiger partial charge in [-0.25, -0.2) is 0 Å². The molecule has 18 heavy (non-hydrogen) atoms. The monoisotopic (exact) mass is 246 g/mol. The van der Waals surface area contributed by atoms with E-state index < -0.39 is 0 Å². The van der Waals surface area contributed by atoms with E-state index in [2.05, 4.69) is 10.2 Å². The topological polar surface area (TPSA) is 69.8 Å². The van der Waals surface area contributed by atoms with Gasteiger partial charge in [-0.1, -0.05) is 0 Å². The Bertz CT molecular complexity index is 582. The Morgan fingerprint density at radius 1 is 1.33 bits per heavy atom. The molecule has 2 heterocycles. The largest absolute Gasteiger partial charge is 0.294 e. The third-order valence-corrected chi connectivity index (χ3v) is 2.60. The maximum Gasteiger partial charge on any atom is 0.190 e. The summed E-state index contributed by atoms with van der Waals surface area (Å²) in [6.45, 7) is 2.63. The molecule has 2 aromatic rings. The molecule has 0 aliphatic carbocycles. The van der Waals surface area contributed by atoms with Gasteiger partial charge in [0.1, 0.15) is 5.69 Å². The molecule has 94 valence electrons. The first-order chi connectivity index (χ1) is 8.60. The fraction of sp³-hybridized carbons (Fsp3) is 0.333. The van der Waals surface area contributed by atoms with Crippen LogP contribution >= 0.6 is 0 Å². The lowest BCUT2D eigenvalue weighted by atomic mass is 10.1. The molecule has 0 bridgehead atoms. The predicted octanol–water partition coefficient (Wildman–Crippen LogP) is 1.09. The minimum Gasteiger partial charge on any atom is -0.294 e. The first-order valence-corrected chi connectivity index (χ1v) is 5.68. The third kappa shape index (κ3) is 2.53. The Morgan fingerprint density at radius 3 is 2.67 bits per heavy atom. The maximum atomic E-state index is 11.9. The molecule has 0 amide bonds. The Morgan fingerprint density at radius 2 is 2.11 bits per heavy atom. The lowest BCUT2D eigenvalue weighted by Crippen LogP contribution is -2.09. The summed E-state index contributed by atoms with van der Waals surface area (Å²) in [4.78, 5) is 23.6. The lowest BCUT2D eigenvalue weighted by molar-refractivity contribution is 0.0891. The van der Waals surface area contributed by atoms with E-state index >= 15 is 0 Å². The SMILES string of the molecule is CCn1cc(C(=O)CC(=O)c2ccn(C)n2)cn1. The number of aromatic nitrogens is 4. The van der Waals surface area contributed by atoms with Gasteiger partial charge in [-0.3, -0.25) is 19.0 Å². The van der Waals surface area contributed by atoms with Gasteiger partial charge in [-0.15, -0.1) is 0 Å². The Hall–Kier alpha value is -2.24. The van der Waals surface area contributed by atoms with Crippen LogP contribution < -0.4 is 0 Å². The average molecular weight is 246 g/mol. The van der Waals surface area contributed by atoms with Gasteiger partial charge in [0.05, 0.1) is 18.2 Å². The molecule has 6 nitrogen and oxygen atoms in total. The quantitative estimate of drug-likeness (QED) is 0.585. The van der Waals surface area contributed by atoms with Crippen molar-refractivity contribution < 1.29 is 9.59 Å². The van der Waals surface area contributed by atoms with Crippen LogP contribution in [0.5, 0.6) is 0 Å². The minimum atomic E-state index is -0.273. The maximum absolute atomic E-state index is 11.9. The van der Waals surface area contributed by atoms with E-state index in [1.54, 1.807) is 30.2 Å². The Kier molecular flexibility index (Phi) is 3.36. The summed E-state index contributed by atoms with van der Waals surface area (Å²) in [5.41, 5.74) is 0.773. The molecule has 0 saturated carbocycles. The van der Waals surface area contributed by atoms with Crippen molar-refractivity contribution in [3.63, 3.8) is 0 Å². The molecule has 2 rings (SSSR count). The van der Waals surface area contributed by atoms with Gasteiger partial charge in [0.25, 0.3) is 0 Å². The summed E-state index contributed by atoms with van der Waals surface area (Å²) >= 11 is 0. The summed E-state index contributed by atoms with van der Waals surface area (Å²) in [6.07, 6.45) is 4.63. The molecule has 0 atom stereocenters. The third-order valence-electron chi connectivity index (χ3n) is 2.60. The van der Waals surface area contributed by atoms with Gasteiger partial charge in [-0.05, 0) is 13.0 Å². The lowest BCUT2D eigenvalue weighted by Gasteiger charge is -1.95. The van der Waals surface area contributed by atoms with Crippen LogP contribution in [0.4, 0.5) is 0 Å². The molecule has 0 radical (unpaired) electrons. The van der Waals surface area contributed by atoms with E-state index in [4.69, 9.17) is 0 Å². The van der Waals surface area contributed by atoms with Gasteiger partial charge in [0.15, 0.2) is 11.6 Å². The summed E-state index contributed by atoms with van der Waals surface area (Å²) in [5, 5.41) is 7.98.